The highest BCUT2D eigenvalue weighted by Crippen LogP contribution is 2.34. The molecule has 7 heteroatoms. The maximum Gasteiger partial charge on any atom is 0.319 e. The highest BCUT2D eigenvalue weighted by molar-refractivity contribution is 5.99. The van der Waals surface area contributed by atoms with Gasteiger partial charge in [0.1, 0.15) is 5.75 Å². The molecule has 1 aliphatic heterocycles. The van der Waals surface area contributed by atoms with Crippen molar-refractivity contribution in [3.05, 3.63) is 18.2 Å². The molecule has 7 nitrogen and oxygen atoms in total. The minimum absolute atomic E-state index is 0.0259. The van der Waals surface area contributed by atoms with E-state index in [2.05, 4.69) is 10.6 Å². The van der Waals surface area contributed by atoms with Crippen LogP contribution in [0.5, 0.6) is 5.75 Å². The molecule has 1 fully saturated rings. The third-order valence-electron chi connectivity index (χ3n) is 4.87. The number of likely N-dealkylation sites (N-methyl/N-ethyl adjacent to an activating group) is 1. The fourth-order valence-electron chi connectivity index (χ4n) is 3.43. The molecule has 142 valence electrons. The van der Waals surface area contributed by atoms with Gasteiger partial charge in [-0.25, -0.2) is 4.79 Å². The summed E-state index contributed by atoms with van der Waals surface area (Å²) in [6.45, 7) is 1.41. The molecule has 1 aromatic rings. The third-order valence-corrected chi connectivity index (χ3v) is 4.87. The molecular weight excluding hydrogens is 332 g/mol. The van der Waals surface area contributed by atoms with Crippen LogP contribution in [0.2, 0.25) is 0 Å². The van der Waals surface area contributed by atoms with Gasteiger partial charge in [0.25, 0.3) is 5.91 Å². The Bertz CT molecular complexity index is 656. The van der Waals surface area contributed by atoms with E-state index in [1.54, 1.807) is 11.0 Å². The fourth-order valence-corrected chi connectivity index (χ4v) is 3.43. The number of nitrogens with one attached hydrogen (secondary N) is 2. The van der Waals surface area contributed by atoms with Crippen LogP contribution in [0.15, 0.2) is 18.2 Å². The zero-order valence-corrected chi connectivity index (χ0v) is 15.6. The van der Waals surface area contributed by atoms with Crippen LogP contribution in [-0.2, 0) is 4.79 Å². The van der Waals surface area contributed by atoms with E-state index in [0.717, 1.165) is 25.1 Å². The Hall–Kier alpha value is -2.28. The zero-order valence-electron chi connectivity index (χ0n) is 15.6. The number of hydrogen-bond donors (Lipinski definition) is 2. The maximum atomic E-state index is 12.2. The number of nitrogens with zero attached hydrogens (tertiary/aromatic N) is 2. The van der Waals surface area contributed by atoms with Crippen LogP contribution in [0.4, 0.5) is 16.2 Å². The van der Waals surface area contributed by atoms with Gasteiger partial charge in [0, 0.05) is 30.9 Å². The van der Waals surface area contributed by atoms with Gasteiger partial charge >= 0.3 is 6.03 Å². The first kappa shape index (κ1) is 18.5. The van der Waals surface area contributed by atoms with E-state index >= 15 is 0 Å². The van der Waals surface area contributed by atoms with Crippen molar-refractivity contribution in [3.63, 3.8) is 0 Å². The quantitative estimate of drug-likeness (QED) is 0.846. The van der Waals surface area contributed by atoms with E-state index in [9.17, 15) is 9.59 Å². The van der Waals surface area contributed by atoms with Gasteiger partial charge in [-0.1, -0.05) is 19.3 Å². The Morgan fingerprint density at radius 2 is 2.04 bits per heavy atom. The lowest BCUT2D eigenvalue weighted by atomic mass is 9.96. The predicted molar refractivity (Wildman–Crippen MR) is 102 cm³/mol. The van der Waals surface area contributed by atoms with Crippen molar-refractivity contribution < 1.29 is 14.3 Å². The SMILES string of the molecule is CN(C)CCN1C(=O)COc2cc(NC(=O)NC3CCCCC3)ccc21. The number of anilines is 2. The van der Waals surface area contributed by atoms with Crippen molar-refractivity contribution >= 4 is 23.3 Å². The molecule has 2 aliphatic rings. The highest BCUT2D eigenvalue weighted by Gasteiger charge is 2.26. The lowest BCUT2D eigenvalue weighted by Gasteiger charge is -2.30. The van der Waals surface area contributed by atoms with Gasteiger partial charge < -0.3 is 25.2 Å². The number of fused-ring (bicyclic) bond motifs is 1. The lowest BCUT2D eigenvalue weighted by Crippen LogP contribution is -2.42. The van der Waals surface area contributed by atoms with Gasteiger partial charge in [0.05, 0.1) is 5.69 Å². The molecule has 0 atom stereocenters. The second-order valence-corrected chi connectivity index (χ2v) is 7.25. The molecule has 0 radical (unpaired) electrons. The molecule has 0 spiro atoms. The molecule has 0 unspecified atom stereocenters. The molecule has 1 heterocycles. The van der Waals surface area contributed by atoms with Crippen molar-refractivity contribution in [2.24, 2.45) is 0 Å². The number of rotatable bonds is 5. The zero-order chi connectivity index (χ0) is 18.5. The number of hydrogen-bond acceptors (Lipinski definition) is 4. The summed E-state index contributed by atoms with van der Waals surface area (Å²) in [5.74, 6) is 0.578. The van der Waals surface area contributed by atoms with Gasteiger partial charge in [-0.15, -0.1) is 0 Å². The summed E-state index contributed by atoms with van der Waals surface area (Å²) in [5.41, 5.74) is 1.42. The van der Waals surface area contributed by atoms with Crippen molar-refractivity contribution in [1.82, 2.24) is 10.2 Å². The average Bonchev–Trinajstić information content (AvgIpc) is 2.61. The summed E-state index contributed by atoms with van der Waals surface area (Å²) in [4.78, 5) is 28.1. The molecule has 3 amide bonds. The van der Waals surface area contributed by atoms with Crippen molar-refractivity contribution in [3.8, 4) is 5.75 Å². The predicted octanol–water partition coefficient (Wildman–Crippen LogP) is 2.43. The molecule has 0 aromatic heterocycles. The summed E-state index contributed by atoms with van der Waals surface area (Å²) < 4.78 is 5.57. The fraction of sp³-hybridized carbons (Fsp3) is 0.579. The summed E-state index contributed by atoms with van der Waals surface area (Å²) >= 11 is 0. The first-order valence-electron chi connectivity index (χ1n) is 9.32. The van der Waals surface area contributed by atoms with Crippen LogP contribution >= 0.6 is 0 Å². The monoisotopic (exact) mass is 360 g/mol. The van der Waals surface area contributed by atoms with E-state index in [4.69, 9.17) is 4.74 Å². The van der Waals surface area contributed by atoms with Crippen molar-refractivity contribution in [2.45, 2.75) is 38.1 Å². The van der Waals surface area contributed by atoms with E-state index in [-0.39, 0.29) is 24.6 Å². The molecule has 1 aromatic carbocycles. The molecule has 2 N–H and O–H groups in total. The topological polar surface area (TPSA) is 73.9 Å². The van der Waals surface area contributed by atoms with E-state index < -0.39 is 0 Å². The molecule has 26 heavy (non-hydrogen) atoms. The van der Waals surface area contributed by atoms with Gasteiger partial charge in [-0.3, -0.25) is 4.79 Å². The Balaban J connectivity index is 1.64. The number of carbonyl (C=O) groups excluding carboxylic acids is 2. The largest absolute Gasteiger partial charge is 0.481 e. The summed E-state index contributed by atoms with van der Waals surface area (Å²) in [6, 6.07) is 5.50. The van der Waals surface area contributed by atoms with Gasteiger partial charge in [0.2, 0.25) is 0 Å². The minimum Gasteiger partial charge on any atom is -0.481 e. The number of urea groups is 1. The normalized spacial score (nSPS) is 17.7. The Labute approximate surface area is 154 Å². The van der Waals surface area contributed by atoms with Gasteiger partial charge in [-0.2, -0.15) is 0 Å². The minimum atomic E-state index is -0.187. The third kappa shape index (κ3) is 4.66. The Morgan fingerprint density at radius 1 is 1.27 bits per heavy atom. The van der Waals surface area contributed by atoms with Crippen LogP contribution in [0.25, 0.3) is 0 Å². The van der Waals surface area contributed by atoms with Gasteiger partial charge in [-0.05, 0) is 39.1 Å². The second-order valence-electron chi connectivity index (χ2n) is 7.25. The first-order valence-corrected chi connectivity index (χ1v) is 9.32. The molecule has 1 saturated carbocycles. The van der Waals surface area contributed by atoms with Crippen LogP contribution in [0, 0.1) is 0 Å². The molecule has 1 aliphatic carbocycles. The van der Waals surface area contributed by atoms with E-state index in [0.29, 0.717) is 18.0 Å². The maximum absolute atomic E-state index is 12.2. The molecule has 0 saturated heterocycles. The Kier molecular flexibility index (Phi) is 5.98. The van der Waals surface area contributed by atoms with E-state index in [1.165, 1.54) is 19.3 Å². The summed E-state index contributed by atoms with van der Waals surface area (Å²) in [6.07, 6.45) is 5.70. The number of benzene rings is 1. The first-order chi connectivity index (χ1) is 12.5. The second kappa shape index (κ2) is 8.40. The highest BCUT2D eigenvalue weighted by atomic mass is 16.5. The molecular formula is C19H28N4O3. The number of amides is 3. The molecule has 3 rings (SSSR count). The van der Waals surface area contributed by atoms with Crippen LogP contribution in [0.3, 0.4) is 0 Å². The van der Waals surface area contributed by atoms with Crippen LogP contribution in [-0.4, -0.2) is 56.7 Å². The average molecular weight is 360 g/mol. The lowest BCUT2D eigenvalue weighted by molar-refractivity contribution is -0.121. The summed E-state index contributed by atoms with van der Waals surface area (Å²) in [7, 11) is 3.95. The number of ether oxygens (including phenoxy) is 1. The van der Waals surface area contributed by atoms with Gasteiger partial charge in [0.15, 0.2) is 6.61 Å². The number of carbonyl (C=O) groups is 2. The van der Waals surface area contributed by atoms with Crippen LogP contribution < -0.4 is 20.3 Å². The standard InChI is InChI=1S/C19H28N4O3/c1-22(2)10-11-23-16-9-8-15(12-17(16)26-13-18(23)24)21-19(25)20-14-6-4-3-5-7-14/h8-9,12,14H,3-7,10-11,13H2,1-2H3,(H2,20,21,25). The smallest absolute Gasteiger partial charge is 0.319 e. The van der Waals surface area contributed by atoms with Crippen LogP contribution in [0.1, 0.15) is 32.1 Å². The van der Waals surface area contributed by atoms with Crippen molar-refractivity contribution in [2.75, 3.05) is 44.0 Å². The molecule has 0 bridgehead atoms. The van der Waals surface area contributed by atoms with Crippen molar-refractivity contribution in [1.29, 1.82) is 0 Å². The van der Waals surface area contributed by atoms with E-state index in [1.807, 2.05) is 31.1 Å². The Morgan fingerprint density at radius 3 is 2.77 bits per heavy atom. The summed E-state index contributed by atoms with van der Waals surface area (Å²) in [5, 5.41) is 5.91.